The Balaban J connectivity index is 2.17. The lowest BCUT2D eigenvalue weighted by Crippen LogP contribution is -2.11. The zero-order valence-electron chi connectivity index (χ0n) is 9.39. The van der Waals surface area contributed by atoms with Gasteiger partial charge < -0.3 is 5.32 Å². The fourth-order valence-corrected chi connectivity index (χ4v) is 1.63. The largest absolute Gasteiger partial charge is 0.322 e. The molecule has 0 bridgehead atoms. The summed E-state index contributed by atoms with van der Waals surface area (Å²) in [6, 6.07) is 15.3. The van der Waals surface area contributed by atoms with E-state index in [2.05, 4.69) is 5.32 Å². The van der Waals surface area contributed by atoms with Crippen LogP contribution >= 0.6 is 11.6 Å². The number of carbonyl (C=O) groups excluding carboxylic acids is 2. The highest BCUT2D eigenvalue weighted by Crippen LogP contribution is 2.13. The molecule has 0 saturated carbocycles. The Kier molecular flexibility index (Phi) is 3.75. The molecule has 0 atom stereocenters. The minimum absolute atomic E-state index is 0.227. The second kappa shape index (κ2) is 5.47. The topological polar surface area (TPSA) is 46.2 Å². The van der Waals surface area contributed by atoms with Crippen molar-refractivity contribution in [3.8, 4) is 0 Å². The Morgan fingerprint density at radius 2 is 1.56 bits per heavy atom. The van der Waals surface area contributed by atoms with Crippen LogP contribution in [0.15, 0.2) is 54.6 Å². The molecule has 1 amide bonds. The molecule has 0 aliphatic heterocycles. The fourth-order valence-electron chi connectivity index (χ4n) is 1.51. The number of anilines is 1. The lowest BCUT2D eigenvalue weighted by Gasteiger charge is -2.05. The highest BCUT2D eigenvalue weighted by molar-refractivity contribution is 6.67. The summed E-state index contributed by atoms with van der Waals surface area (Å²) in [5, 5.41) is 2.15. The molecule has 0 radical (unpaired) electrons. The molecule has 2 aromatic rings. The van der Waals surface area contributed by atoms with Gasteiger partial charge in [0.15, 0.2) is 0 Å². The predicted molar refractivity (Wildman–Crippen MR) is 71.0 cm³/mol. The monoisotopic (exact) mass is 259 g/mol. The van der Waals surface area contributed by atoms with Gasteiger partial charge >= 0.3 is 0 Å². The lowest BCUT2D eigenvalue weighted by atomic mass is 10.2. The minimum atomic E-state index is -0.550. The number of nitrogens with one attached hydrogen (secondary N) is 1. The number of rotatable bonds is 3. The number of amides is 1. The molecule has 0 aromatic heterocycles. The third-order valence-electron chi connectivity index (χ3n) is 2.38. The van der Waals surface area contributed by atoms with E-state index in [1.807, 2.05) is 6.07 Å². The van der Waals surface area contributed by atoms with E-state index in [4.69, 9.17) is 11.6 Å². The summed E-state index contributed by atoms with van der Waals surface area (Å²) < 4.78 is 0. The van der Waals surface area contributed by atoms with E-state index < -0.39 is 5.24 Å². The van der Waals surface area contributed by atoms with E-state index in [0.29, 0.717) is 16.8 Å². The third-order valence-corrected chi connectivity index (χ3v) is 2.60. The van der Waals surface area contributed by atoms with Crippen LogP contribution in [0.4, 0.5) is 5.69 Å². The van der Waals surface area contributed by atoms with Gasteiger partial charge in [0, 0.05) is 16.8 Å². The standard InChI is InChI=1S/C14H10ClNO2/c15-13(17)11-7-4-8-12(9-11)16-14(18)10-5-2-1-3-6-10/h1-9H,(H,16,18). The van der Waals surface area contributed by atoms with E-state index in [1.165, 1.54) is 6.07 Å². The van der Waals surface area contributed by atoms with Gasteiger partial charge in [0.25, 0.3) is 11.1 Å². The molecule has 0 unspecified atom stereocenters. The van der Waals surface area contributed by atoms with Gasteiger partial charge in [-0.25, -0.2) is 0 Å². The lowest BCUT2D eigenvalue weighted by molar-refractivity contribution is 0.102. The number of hydrogen-bond acceptors (Lipinski definition) is 2. The van der Waals surface area contributed by atoms with Crippen molar-refractivity contribution in [3.05, 3.63) is 65.7 Å². The summed E-state index contributed by atoms with van der Waals surface area (Å²) in [6.45, 7) is 0. The number of hydrogen-bond donors (Lipinski definition) is 1. The van der Waals surface area contributed by atoms with Crippen LogP contribution in [0.2, 0.25) is 0 Å². The number of halogens is 1. The van der Waals surface area contributed by atoms with Gasteiger partial charge in [-0.15, -0.1) is 0 Å². The smallest absolute Gasteiger partial charge is 0.255 e. The van der Waals surface area contributed by atoms with Crippen LogP contribution in [0.3, 0.4) is 0 Å². The maximum atomic E-state index is 11.9. The van der Waals surface area contributed by atoms with Crippen LogP contribution in [0.25, 0.3) is 0 Å². The maximum absolute atomic E-state index is 11.9. The summed E-state index contributed by atoms with van der Waals surface area (Å²) in [6.07, 6.45) is 0. The van der Waals surface area contributed by atoms with Gasteiger partial charge in [-0.2, -0.15) is 0 Å². The van der Waals surface area contributed by atoms with Gasteiger partial charge in [-0.1, -0.05) is 24.3 Å². The highest BCUT2D eigenvalue weighted by Gasteiger charge is 2.07. The summed E-state index contributed by atoms with van der Waals surface area (Å²) in [4.78, 5) is 22.9. The van der Waals surface area contributed by atoms with Gasteiger partial charge in [0.1, 0.15) is 0 Å². The Labute approximate surface area is 109 Å². The SMILES string of the molecule is O=C(Cl)c1cccc(NC(=O)c2ccccc2)c1. The molecule has 1 N–H and O–H groups in total. The molecule has 0 aliphatic rings. The van der Waals surface area contributed by atoms with Gasteiger partial charge in [-0.3, -0.25) is 9.59 Å². The first kappa shape index (κ1) is 12.3. The van der Waals surface area contributed by atoms with Crippen molar-refractivity contribution in [1.82, 2.24) is 0 Å². The van der Waals surface area contributed by atoms with E-state index in [-0.39, 0.29) is 5.91 Å². The van der Waals surface area contributed by atoms with Crippen molar-refractivity contribution in [3.63, 3.8) is 0 Å². The second-order valence-corrected chi connectivity index (χ2v) is 4.02. The van der Waals surface area contributed by atoms with E-state index >= 15 is 0 Å². The minimum Gasteiger partial charge on any atom is -0.322 e. The molecule has 0 heterocycles. The molecule has 0 spiro atoms. The average molecular weight is 260 g/mol. The Morgan fingerprint density at radius 3 is 2.22 bits per heavy atom. The third kappa shape index (κ3) is 2.96. The van der Waals surface area contributed by atoms with E-state index in [1.54, 1.807) is 42.5 Å². The van der Waals surface area contributed by atoms with E-state index in [0.717, 1.165) is 0 Å². The van der Waals surface area contributed by atoms with Gasteiger partial charge in [0.2, 0.25) is 0 Å². The zero-order chi connectivity index (χ0) is 13.0. The Bertz CT molecular complexity index is 581. The number of carbonyl (C=O) groups is 2. The fraction of sp³-hybridized carbons (Fsp3) is 0. The van der Waals surface area contributed by atoms with Crippen LogP contribution in [0.1, 0.15) is 20.7 Å². The van der Waals surface area contributed by atoms with Crippen LogP contribution in [0, 0.1) is 0 Å². The Hall–Kier alpha value is -2.13. The number of benzene rings is 2. The molecular weight excluding hydrogens is 250 g/mol. The molecule has 3 nitrogen and oxygen atoms in total. The second-order valence-electron chi connectivity index (χ2n) is 3.67. The summed E-state index contributed by atoms with van der Waals surface area (Å²) >= 11 is 5.38. The quantitative estimate of drug-likeness (QED) is 0.860. The van der Waals surface area contributed by atoms with Crippen LogP contribution in [-0.4, -0.2) is 11.1 Å². The zero-order valence-corrected chi connectivity index (χ0v) is 10.1. The van der Waals surface area contributed by atoms with Crippen molar-refractivity contribution in [2.75, 3.05) is 5.32 Å². The van der Waals surface area contributed by atoms with Crippen LogP contribution < -0.4 is 5.32 Å². The van der Waals surface area contributed by atoms with Crippen LogP contribution in [0.5, 0.6) is 0 Å². The maximum Gasteiger partial charge on any atom is 0.255 e. The highest BCUT2D eigenvalue weighted by atomic mass is 35.5. The van der Waals surface area contributed by atoms with Crippen LogP contribution in [-0.2, 0) is 0 Å². The van der Waals surface area contributed by atoms with Crippen molar-refractivity contribution < 1.29 is 9.59 Å². The molecule has 90 valence electrons. The molecule has 18 heavy (non-hydrogen) atoms. The van der Waals surface area contributed by atoms with Crippen molar-refractivity contribution in [2.24, 2.45) is 0 Å². The molecule has 2 aromatic carbocycles. The predicted octanol–water partition coefficient (Wildman–Crippen LogP) is 3.32. The van der Waals surface area contributed by atoms with Crippen molar-refractivity contribution in [1.29, 1.82) is 0 Å². The normalized spacial score (nSPS) is 9.83. The first-order valence-corrected chi connectivity index (χ1v) is 5.71. The Morgan fingerprint density at radius 1 is 0.889 bits per heavy atom. The first-order chi connectivity index (χ1) is 8.66. The molecule has 0 saturated heterocycles. The average Bonchev–Trinajstić information content (AvgIpc) is 2.40. The van der Waals surface area contributed by atoms with Gasteiger partial charge in [-0.05, 0) is 41.9 Å². The molecular formula is C14H10ClNO2. The van der Waals surface area contributed by atoms with E-state index in [9.17, 15) is 9.59 Å². The van der Waals surface area contributed by atoms with Crippen molar-refractivity contribution >= 4 is 28.4 Å². The van der Waals surface area contributed by atoms with Gasteiger partial charge in [0.05, 0.1) is 0 Å². The summed E-state index contributed by atoms with van der Waals surface area (Å²) in [7, 11) is 0. The molecule has 4 heteroatoms. The molecule has 2 rings (SSSR count). The first-order valence-electron chi connectivity index (χ1n) is 5.33. The van der Waals surface area contributed by atoms with Crippen molar-refractivity contribution in [2.45, 2.75) is 0 Å². The molecule has 0 aliphatic carbocycles. The summed E-state index contributed by atoms with van der Waals surface area (Å²) in [5.41, 5.74) is 1.44. The molecule has 0 fully saturated rings. The summed E-state index contributed by atoms with van der Waals surface area (Å²) in [5.74, 6) is -0.227.